The van der Waals surface area contributed by atoms with Crippen LogP contribution in [0, 0.1) is 11.3 Å². The molecule has 0 bridgehead atoms. The lowest BCUT2D eigenvalue weighted by molar-refractivity contribution is 0.0395. The molecular formula is C14H27N. The summed E-state index contributed by atoms with van der Waals surface area (Å²) in [5.41, 5.74) is 0.723. The summed E-state index contributed by atoms with van der Waals surface area (Å²) < 4.78 is 0. The minimum atomic E-state index is 0.723. The SMILES string of the molecule is CCNCC1(C2CCCCCC2)CCC1. The third-order valence-electron chi connectivity index (χ3n) is 4.80. The molecule has 0 spiro atoms. The molecule has 0 aromatic carbocycles. The van der Waals surface area contributed by atoms with Crippen molar-refractivity contribution in [3.8, 4) is 0 Å². The van der Waals surface area contributed by atoms with Gasteiger partial charge >= 0.3 is 0 Å². The van der Waals surface area contributed by atoms with Crippen molar-refractivity contribution in [1.82, 2.24) is 5.32 Å². The van der Waals surface area contributed by atoms with Crippen molar-refractivity contribution in [2.45, 2.75) is 64.7 Å². The highest BCUT2D eigenvalue weighted by Gasteiger charge is 2.42. The van der Waals surface area contributed by atoms with Crippen LogP contribution in [-0.4, -0.2) is 13.1 Å². The molecule has 2 aliphatic carbocycles. The van der Waals surface area contributed by atoms with Crippen molar-refractivity contribution >= 4 is 0 Å². The Morgan fingerprint density at radius 1 is 1.00 bits per heavy atom. The summed E-state index contributed by atoms with van der Waals surface area (Å²) in [6.45, 7) is 4.68. The topological polar surface area (TPSA) is 12.0 Å². The Balaban J connectivity index is 1.91. The van der Waals surface area contributed by atoms with Gasteiger partial charge in [-0.1, -0.05) is 39.0 Å². The molecule has 0 atom stereocenters. The van der Waals surface area contributed by atoms with E-state index in [4.69, 9.17) is 0 Å². The van der Waals surface area contributed by atoms with Crippen LogP contribution in [0.25, 0.3) is 0 Å². The van der Waals surface area contributed by atoms with Crippen LogP contribution in [0.4, 0.5) is 0 Å². The molecule has 1 heteroatoms. The highest BCUT2D eigenvalue weighted by Crippen LogP contribution is 2.51. The van der Waals surface area contributed by atoms with E-state index in [9.17, 15) is 0 Å². The molecule has 2 fully saturated rings. The average molecular weight is 209 g/mol. The number of hydrogen-bond donors (Lipinski definition) is 1. The second kappa shape index (κ2) is 5.34. The number of nitrogens with one attached hydrogen (secondary N) is 1. The van der Waals surface area contributed by atoms with Crippen molar-refractivity contribution in [3.63, 3.8) is 0 Å². The maximum Gasteiger partial charge on any atom is 0.00103 e. The first-order valence-electron chi connectivity index (χ1n) is 7.08. The van der Waals surface area contributed by atoms with Gasteiger partial charge in [0.2, 0.25) is 0 Å². The maximum absolute atomic E-state index is 3.61. The summed E-state index contributed by atoms with van der Waals surface area (Å²) >= 11 is 0. The number of hydrogen-bond acceptors (Lipinski definition) is 1. The molecule has 2 rings (SSSR count). The second-order valence-electron chi connectivity index (χ2n) is 5.68. The molecule has 2 aliphatic rings. The van der Waals surface area contributed by atoms with E-state index in [1.165, 1.54) is 64.3 Å². The van der Waals surface area contributed by atoms with Crippen LogP contribution in [0.1, 0.15) is 64.7 Å². The van der Waals surface area contributed by atoms with Crippen molar-refractivity contribution in [2.24, 2.45) is 11.3 Å². The average Bonchev–Trinajstić information content (AvgIpc) is 2.45. The Bertz CT molecular complexity index is 176. The summed E-state index contributed by atoms with van der Waals surface area (Å²) in [5.74, 6) is 1.05. The smallest absolute Gasteiger partial charge is 0.00103 e. The zero-order valence-corrected chi connectivity index (χ0v) is 10.4. The summed E-state index contributed by atoms with van der Waals surface area (Å²) in [5, 5.41) is 3.61. The summed E-state index contributed by atoms with van der Waals surface area (Å²) in [7, 11) is 0. The minimum Gasteiger partial charge on any atom is -0.316 e. The van der Waals surface area contributed by atoms with E-state index < -0.39 is 0 Å². The molecule has 0 heterocycles. The monoisotopic (exact) mass is 209 g/mol. The molecule has 0 radical (unpaired) electrons. The Morgan fingerprint density at radius 3 is 2.13 bits per heavy atom. The lowest BCUT2D eigenvalue weighted by Gasteiger charge is -2.48. The van der Waals surface area contributed by atoms with Gasteiger partial charge in [0, 0.05) is 6.54 Å². The van der Waals surface area contributed by atoms with Crippen molar-refractivity contribution in [2.75, 3.05) is 13.1 Å². The van der Waals surface area contributed by atoms with E-state index >= 15 is 0 Å². The van der Waals surface area contributed by atoms with Gasteiger partial charge in [0.25, 0.3) is 0 Å². The third-order valence-corrected chi connectivity index (χ3v) is 4.80. The van der Waals surface area contributed by atoms with E-state index in [2.05, 4.69) is 12.2 Å². The van der Waals surface area contributed by atoms with E-state index in [0.29, 0.717) is 0 Å². The molecule has 2 saturated carbocycles. The van der Waals surface area contributed by atoms with Gasteiger partial charge in [-0.05, 0) is 43.6 Å². The van der Waals surface area contributed by atoms with Gasteiger partial charge < -0.3 is 5.32 Å². The molecule has 0 aromatic heterocycles. The molecule has 0 amide bonds. The molecular weight excluding hydrogens is 182 g/mol. The molecule has 1 N–H and O–H groups in total. The molecule has 88 valence electrons. The van der Waals surface area contributed by atoms with Crippen LogP contribution in [0.15, 0.2) is 0 Å². The van der Waals surface area contributed by atoms with Crippen molar-refractivity contribution in [3.05, 3.63) is 0 Å². The van der Waals surface area contributed by atoms with Crippen LogP contribution in [0.3, 0.4) is 0 Å². The second-order valence-corrected chi connectivity index (χ2v) is 5.68. The molecule has 15 heavy (non-hydrogen) atoms. The molecule has 0 aliphatic heterocycles. The van der Waals surface area contributed by atoms with Crippen molar-refractivity contribution in [1.29, 1.82) is 0 Å². The fraction of sp³-hybridized carbons (Fsp3) is 1.00. The van der Waals surface area contributed by atoms with E-state index in [0.717, 1.165) is 17.9 Å². The standard InChI is InChI=1S/C14H27N/c1-2-15-12-14(10-7-11-14)13-8-5-3-4-6-9-13/h13,15H,2-12H2,1H3. The van der Waals surface area contributed by atoms with Gasteiger partial charge in [-0.2, -0.15) is 0 Å². The Kier molecular flexibility index (Phi) is 4.07. The zero-order valence-electron chi connectivity index (χ0n) is 10.4. The summed E-state index contributed by atoms with van der Waals surface area (Å²) in [4.78, 5) is 0. The Labute approximate surface area is 95.0 Å². The third kappa shape index (κ3) is 2.55. The van der Waals surface area contributed by atoms with E-state index in [-0.39, 0.29) is 0 Å². The predicted molar refractivity (Wildman–Crippen MR) is 66.0 cm³/mol. The van der Waals surface area contributed by atoms with Crippen LogP contribution in [0.2, 0.25) is 0 Å². The summed E-state index contributed by atoms with van der Waals surface area (Å²) in [6, 6.07) is 0. The van der Waals surface area contributed by atoms with E-state index in [1.807, 2.05) is 0 Å². The van der Waals surface area contributed by atoms with Gasteiger partial charge in [0.15, 0.2) is 0 Å². The first kappa shape index (κ1) is 11.4. The lowest BCUT2D eigenvalue weighted by atomic mass is 9.59. The van der Waals surface area contributed by atoms with Gasteiger partial charge in [-0.3, -0.25) is 0 Å². The minimum absolute atomic E-state index is 0.723. The highest BCUT2D eigenvalue weighted by atomic mass is 14.9. The number of rotatable bonds is 4. The first-order chi connectivity index (χ1) is 7.37. The van der Waals surface area contributed by atoms with Gasteiger partial charge in [0.05, 0.1) is 0 Å². The van der Waals surface area contributed by atoms with Crippen LogP contribution in [-0.2, 0) is 0 Å². The highest BCUT2D eigenvalue weighted by molar-refractivity contribution is 4.95. The largest absolute Gasteiger partial charge is 0.316 e. The fourth-order valence-corrected chi connectivity index (χ4v) is 3.63. The van der Waals surface area contributed by atoms with Gasteiger partial charge in [-0.25, -0.2) is 0 Å². The van der Waals surface area contributed by atoms with Crippen LogP contribution >= 0.6 is 0 Å². The predicted octanol–water partition coefficient (Wildman–Crippen LogP) is 3.74. The zero-order chi connectivity index (χ0) is 10.6. The normalized spacial score (nSPS) is 27.0. The summed E-state index contributed by atoms with van der Waals surface area (Å²) in [6.07, 6.45) is 13.5. The molecule has 0 saturated heterocycles. The van der Waals surface area contributed by atoms with Crippen LogP contribution in [0.5, 0.6) is 0 Å². The quantitative estimate of drug-likeness (QED) is 0.696. The Morgan fingerprint density at radius 2 is 1.67 bits per heavy atom. The van der Waals surface area contributed by atoms with Gasteiger partial charge in [-0.15, -0.1) is 0 Å². The Hall–Kier alpha value is -0.0400. The van der Waals surface area contributed by atoms with Crippen LogP contribution < -0.4 is 5.32 Å². The molecule has 0 unspecified atom stereocenters. The molecule has 1 nitrogen and oxygen atoms in total. The lowest BCUT2D eigenvalue weighted by Crippen LogP contribution is -2.45. The first-order valence-corrected chi connectivity index (χ1v) is 7.08. The fourth-order valence-electron chi connectivity index (χ4n) is 3.63. The maximum atomic E-state index is 3.61. The van der Waals surface area contributed by atoms with Crippen molar-refractivity contribution < 1.29 is 0 Å². The van der Waals surface area contributed by atoms with E-state index in [1.54, 1.807) is 0 Å². The van der Waals surface area contributed by atoms with Gasteiger partial charge in [0.1, 0.15) is 0 Å². The molecule has 0 aromatic rings.